The van der Waals surface area contributed by atoms with Gasteiger partial charge in [-0.1, -0.05) is 78.9 Å². The minimum atomic E-state index is -1.61. The summed E-state index contributed by atoms with van der Waals surface area (Å²) in [5.41, 5.74) is 7.46. The summed E-state index contributed by atoms with van der Waals surface area (Å²) in [4.78, 5) is 4.33. The molecule has 1 aliphatic heterocycles. The van der Waals surface area contributed by atoms with Crippen molar-refractivity contribution in [2.45, 2.75) is 19.6 Å². The summed E-state index contributed by atoms with van der Waals surface area (Å²) in [6, 6.07) is 28.0. The molecule has 3 aromatic carbocycles. The summed E-state index contributed by atoms with van der Waals surface area (Å²) < 4.78 is 6.33. The van der Waals surface area contributed by atoms with E-state index in [2.05, 4.69) is 24.0 Å². The summed E-state index contributed by atoms with van der Waals surface area (Å²) in [5, 5.41) is 12.1. The summed E-state index contributed by atoms with van der Waals surface area (Å²) in [5.74, 6) is -0.998. The van der Waals surface area contributed by atoms with Crippen LogP contribution in [0.15, 0.2) is 103 Å². The van der Waals surface area contributed by atoms with E-state index >= 15 is 0 Å². The molecule has 1 N–H and O–H groups in total. The maximum Gasteiger partial charge on any atom is 0.259 e. The summed E-state index contributed by atoms with van der Waals surface area (Å²) in [6.45, 7) is 4.03. The van der Waals surface area contributed by atoms with Crippen LogP contribution in [0.3, 0.4) is 0 Å². The van der Waals surface area contributed by atoms with E-state index in [9.17, 15) is 5.11 Å². The Hall–Kier alpha value is -3.69. The molecule has 0 bridgehead atoms. The number of aryl methyl sites for hydroxylation is 1. The molecule has 5 rings (SSSR count). The van der Waals surface area contributed by atoms with Gasteiger partial charge in [0.2, 0.25) is 0 Å². The normalized spacial score (nSPS) is 17.8. The highest BCUT2D eigenvalue weighted by molar-refractivity contribution is 5.88. The SMILES string of the molecule is CC1=C(c2ccccc2C)c2cnccc2OC1(O)c1ccccc1-c1ccccc1. The van der Waals surface area contributed by atoms with E-state index in [4.69, 9.17) is 4.74 Å². The van der Waals surface area contributed by atoms with Crippen molar-refractivity contribution < 1.29 is 9.84 Å². The van der Waals surface area contributed by atoms with Crippen LogP contribution in [0.4, 0.5) is 0 Å². The molecule has 0 radical (unpaired) electrons. The van der Waals surface area contributed by atoms with Gasteiger partial charge in [-0.15, -0.1) is 0 Å². The predicted molar refractivity (Wildman–Crippen MR) is 124 cm³/mol. The molecule has 0 spiro atoms. The summed E-state index contributed by atoms with van der Waals surface area (Å²) >= 11 is 0. The molecule has 3 heteroatoms. The van der Waals surface area contributed by atoms with Crippen LogP contribution in [-0.4, -0.2) is 10.1 Å². The number of fused-ring (bicyclic) bond motifs is 1. The maximum atomic E-state index is 12.1. The molecule has 3 nitrogen and oxygen atoms in total. The fourth-order valence-electron chi connectivity index (χ4n) is 4.37. The minimum Gasteiger partial charge on any atom is -0.453 e. The highest BCUT2D eigenvalue weighted by Crippen LogP contribution is 2.48. The molecule has 4 aromatic rings. The molecule has 0 fully saturated rings. The van der Waals surface area contributed by atoms with Crippen molar-refractivity contribution in [3.05, 3.63) is 125 Å². The van der Waals surface area contributed by atoms with Crippen molar-refractivity contribution in [3.63, 3.8) is 0 Å². The van der Waals surface area contributed by atoms with Crippen LogP contribution in [0.5, 0.6) is 5.75 Å². The Kier molecular flexibility index (Phi) is 4.68. The topological polar surface area (TPSA) is 42.4 Å². The number of rotatable bonds is 3. The number of hydrogen-bond acceptors (Lipinski definition) is 3. The van der Waals surface area contributed by atoms with Gasteiger partial charge in [-0.05, 0) is 42.2 Å². The zero-order valence-electron chi connectivity index (χ0n) is 17.5. The Morgan fingerprint density at radius 1 is 0.742 bits per heavy atom. The highest BCUT2D eigenvalue weighted by atomic mass is 16.6. The van der Waals surface area contributed by atoms with Gasteiger partial charge in [0, 0.05) is 34.7 Å². The van der Waals surface area contributed by atoms with Crippen molar-refractivity contribution in [3.8, 4) is 16.9 Å². The van der Waals surface area contributed by atoms with Crippen molar-refractivity contribution in [2.75, 3.05) is 0 Å². The van der Waals surface area contributed by atoms with Crippen molar-refractivity contribution in [1.82, 2.24) is 4.98 Å². The van der Waals surface area contributed by atoms with Gasteiger partial charge < -0.3 is 9.84 Å². The molecule has 0 aliphatic carbocycles. The summed E-state index contributed by atoms with van der Waals surface area (Å²) in [6.07, 6.45) is 3.50. The van der Waals surface area contributed by atoms with E-state index in [-0.39, 0.29) is 0 Å². The smallest absolute Gasteiger partial charge is 0.259 e. The first kappa shape index (κ1) is 19.3. The van der Waals surface area contributed by atoms with E-state index < -0.39 is 5.79 Å². The van der Waals surface area contributed by atoms with Gasteiger partial charge in [0.15, 0.2) is 0 Å². The third kappa shape index (κ3) is 3.15. The molecule has 2 heterocycles. The number of hydrogen-bond donors (Lipinski definition) is 1. The van der Waals surface area contributed by atoms with Gasteiger partial charge in [-0.2, -0.15) is 0 Å². The second kappa shape index (κ2) is 7.53. The lowest BCUT2D eigenvalue weighted by atomic mass is 9.82. The molecule has 1 aromatic heterocycles. The Balaban J connectivity index is 1.80. The third-order valence-corrected chi connectivity index (χ3v) is 5.98. The molecule has 0 saturated heterocycles. The largest absolute Gasteiger partial charge is 0.453 e. The molecule has 152 valence electrons. The third-order valence-electron chi connectivity index (χ3n) is 5.98. The number of pyridine rings is 1. The zero-order chi connectivity index (χ0) is 21.4. The summed E-state index contributed by atoms with van der Waals surface area (Å²) in [7, 11) is 0. The van der Waals surface area contributed by atoms with Crippen LogP contribution in [-0.2, 0) is 5.79 Å². The average Bonchev–Trinajstić information content (AvgIpc) is 2.81. The van der Waals surface area contributed by atoms with Crippen LogP contribution in [0.25, 0.3) is 16.7 Å². The second-order valence-corrected chi connectivity index (χ2v) is 7.84. The maximum absolute atomic E-state index is 12.1. The first-order chi connectivity index (χ1) is 15.1. The molecule has 1 atom stereocenters. The van der Waals surface area contributed by atoms with E-state index in [1.165, 1.54) is 0 Å². The van der Waals surface area contributed by atoms with Gasteiger partial charge in [-0.3, -0.25) is 4.98 Å². The quantitative estimate of drug-likeness (QED) is 0.447. The molecular weight excluding hydrogens is 382 g/mol. The lowest BCUT2D eigenvalue weighted by molar-refractivity contribution is -0.113. The van der Waals surface area contributed by atoms with Crippen molar-refractivity contribution >= 4 is 5.57 Å². The Morgan fingerprint density at radius 2 is 1.42 bits per heavy atom. The first-order valence-corrected chi connectivity index (χ1v) is 10.4. The van der Waals surface area contributed by atoms with E-state index in [1.54, 1.807) is 6.20 Å². The Bertz CT molecular complexity index is 1290. The van der Waals surface area contributed by atoms with Crippen LogP contribution >= 0.6 is 0 Å². The lowest BCUT2D eigenvalue weighted by Gasteiger charge is -2.38. The average molecular weight is 405 g/mol. The Labute approximate surface area is 182 Å². The Morgan fingerprint density at radius 3 is 2.19 bits per heavy atom. The van der Waals surface area contributed by atoms with Gasteiger partial charge in [-0.25, -0.2) is 0 Å². The predicted octanol–water partition coefficient (Wildman–Crippen LogP) is 6.12. The first-order valence-electron chi connectivity index (χ1n) is 10.4. The van der Waals surface area contributed by atoms with E-state index in [0.29, 0.717) is 11.3 Å². The molecule has 0 saturated carbocycles. The number of nitrogens with zero attached hydrogens (tertiary/aromatic N) is 1. The van der Waals surface area contributed by atoms with Crippen LogP contribution in [0, 0.1) is 6.92 Å². The second-order valence-electron chi connectivity index (χ2n) is 7.84. The number of aromatic nitrogens is 1. The monoisotopic (exact) mass is 405 g/mol. The highest BCUT2D eigenvalue weighted by Gasteiger charge is 2.42. The van der Waals surface area contributed by atoms with Gasteiger partial charge >= 0.3 is 0 Å². The van der Waals surface area contributed by atoms with Gasteiger partial charge in [0.1, 0.15) is 5.75 Å². The molecule has 0 amide bonds. The standard InChI is InChI=1S/C28H23NO2/c1-19-10-6-7-13-22(19)27-20(2)28(30,31-26-16-17-29-18-24(26)27)25-15-9-8-14-23(25)21-11-4-3-5-12-21/h3-18,30H,1-2H3. The van der Waals surface area contributed by atoms with Gasteiger partial charge in [0.25, 0.3) is 5.79 Å². The number of benzene rings is 3. The molecular formula is C28H23NO2. The number of aliphatic hydroxyl groups is 1. The van der Waals surface area contributed by atoms with E-state index in [0.717, 1.165) is 39.0 Å². The van der Waals surface area contributed by atoms with Gasteiger partial charge in [0.05, 0.1) is 0 Å². The van der Waals surface area contributed by atoms with Crippen LogP contribution < -0.4 is 4.74 Å². The fourth-order valence-corrected chi connectivity index (χ4v) is 4.37. The minimum absolute atomic E-state index is 0.615. The number of ether oxygens (including phenoxy) is 1. The lowest BCUT2D eigenvalue weighted by Crippen LogP contribution is -2.38. The van der Waals surface area contributed by atoms with Crippen molar-refractivity contribution in [2.24, 2.45) is 0 Å². The molecule has 1 aliphatic rings. The molecule has 1 unspecified atom stereocenters. The fraction of sp³-hybridized carbons (Fsp3) is 0.107. The zero-order valence-corrected chi connectivity index (χ0v) is 17.5. The van der Waals surface area contributed by atoms with Crippen LogP contribution in [0.1, 0.15) is 29.2 Å². The van der Waals surface area contributed by atoms with Crippen molar-refractivity contribution in [1.29, 1.82) is 0 Å². The van der Waals surface area contributed by atoms with E-state index in [1.807, 2.05) is 85.9 Å². The molecule has 31 heavy (non-hydrogen) atoms. The van der Waals surface area contributed by atoms with Crippen LogP contribution in [0.2, 0.25) is 0 Å².